The summed E-state index contributed by atoms with van der Waals surface area (Å²) in [6, 6.07) is 21.0. The fourth-order valence-electron chi connectivity index (χ4n) is 6.41. The molecule has 2 atom stereocenters. The van der Waals surface area contributed by atoms with Gasteiger partial charge in [0.25, 0.3) is 0 Å². The van der Waals surface area contributed by atoms with Crippen molar-refractivity contribution in [2.75, 3.05) is 32.5 Å². The van der Waals surface area contributed by atoms with Crippen LogP contribution in [0, 0.1) is 11.3 Å². The second-order valence-electron chi connectivity index (χ2n) is 11.8. The summed E-state index contributed by atoms with van der Waals surface area (Å²) >= 11 is 1.36. The molecule has 0 spiro atoms. The molecule has 0 radical (unpaired) electrons. The first-order valence-corrected chi connectivity index (χ1v) is 16.5. The minimum absolute atomic E-state index is 0.0994. The number of carbonyl (C=O) groups is 3. The number of methoxy groups -OCH3 is 1. The van der Waals surface area contributed by atoms with Crippen molar-refractivity contribution in [1.29, 1.82) is 5.26 Å². The third kappa shape index (κ3) is 6.36. The van der Waals surface area contributed by atoms with Gasteiger partial charge < -0.3 is 25.6 Å². The molecule has 2 aliphatic rings. The van der Waals surface area contributed by atoms with Gasteiger partial charge in [0.2, 0.25) is 11.8 Å². The third-order valence-corrected chi connectivity index (χ3v) is 9.67. The standard InChI is InChI=1S/C33H32N12O4S/c1-49-24-11-7-21(8-12-24)16-36-33(48)43(14-13-34)44-19-28(46)45-25(15-20-5-9-22(10-6-20)30-38-40-41-39-30)31(47)42(18-27(44)45)17-23-3-2-4-26-29(23)37-32(35)50-26/h2-12,25,27H,14-19H2,1H3,(H2,35,37)(H,36,48)(H,38,39,40,41)/t25-,27+/m0/s1. The van der Waals surface area contributed by atoms with Crippen LogP contribution < -0.4 is 15.8 Å². The molecular weight excluding hydrogens is 661 g/mol. The Morgan fingerprint density at radius 2 is 1.92 bits per heavy atom. The number of amides is 4. The zero-order valence-corrected chi connectivity index (χ0v) is 27.7. The predicted molar refractivity (Wildman–Crippen MR) is 181 cm³/mol. The lowest BCUT2D eigenvalue weighted by Gasteiger charge is -2.46. The summed E-state index contributed by atoms with van der Waals surface area (Å²) in [6.07, 6.45) is -0.500. The summed E-state index contributed by atoms with van der Waals surface area (Å²) in [5, 5.41) is 29.8. The number of rotatable bonds is 10. The molecule has 2 aliphatic heterocycles. The number of piperazine rings is 1. The summed E-state index contributed by atoms with van der Waals surface area (Å²) in [7, 11) is 1.57. The van der Waals surface area contributed by atoms with Crippen molar-refractivity contribution in [3.63, 3.8) is 0 Å². The fraction of sp³-hybridized carbons (Fsp3) is 0.273. The van der Waals surface area contributed by atoms with E-state index in [4.69, 9.17) is 10.5 Å². The van der Waals surface area contributed by atoms with Crippen molar-refractivity contribution in [2.24, 2.45) is 0 Å². The number of carbonyl (C=O) groups excluding carboxylic acids is 3. The lowest BCUT2D eigenvalue weighted by molar-refractivity contribution is -0.157. The van der Waals surface area contributed by atoms with Crippen LogP contribution in [0.25, 0.3) is 21.6 Å². The number of hydrogen-bond acceptors (Lipinski definition) is 12. The number of hydrazine groups is 1. The maximum Gasteiger partial charge on any atom is 0.333 e. The van der Waals surface area contributed by atoms with Crippen LogP contribution in [0.1, 0.15) is 16.7 Å². The minimum Gasteiger partial charge on any atom is -0.497 e. The summed E-state index contributed by atoms with van der Waals surface area (Å²) < 4.78 is 6.11. The Bertz CT molecular complexity index is 2060. The summed E-state index contributed by atoms with van der Waals surface area (Å²) in [5.74, 6) is 0.625. The van der Waals surface area contributed by atoms with Crippen molar-refractivity contribution in [3.8, 4) is 23.2 Å². The first kappa shape index (κ1) is 32.4. The van der Waals surface area contributed by atoms with E-state index in [1.54, 1.807) is 34.1 Å². The molecule has 0 bridgehead atoms. The highest BCUT2D eigenvalue weighted by molar-refractivity contribution is 7.22. The topological polar surface area (TPSA) is 203 Å². The number of nitrogens with two attached hydrogens (primary N) is 1. The van der Waals surface area contributed by atoms with Crippen LogP contribution in [0.3, 0.4) is 0 Å². The van der Waals surface area contributed by atoms with Gasteiger partial charge in [-0.15, -0.1) is 5.10 Å². The zero-order valence-electron chi connectivity index (χ0n) is 26.9. The van der Waals surface area contributed by atoms with Gasteiger partial charge in [-0.2, -0.15) is 10.3 Å². The number of ether oxygens (including phenoxy) is 1. The molecule has 254 valence electrons. The number of nitrogen functional groups attached to an aromatic ring is 1. The molecule has 4 N–H and O–H groups in total. The van der Waals surface area contributed by atoms with E-state index in [-0.39, 0.29) is 51.0 Å². The normalized spacial score (nSPS) is 17.5. The highest BCUT2D eigenvalue weighted by Crippen LogP contribution is 2.32. The second-order valence-corrected chi connectivity index (χ2v) is 12.9. The number of aromatic amines is 1. The van der Waals surface area contributed by atoms with Gasteiger partial charge >= 0.3 is 6.03 Å². The number of tetrazole rings is 1. The number of anilines is 1. The number of nitrogens with zero attached hydrogens (tertiary/aromatic N) is 9. The van der Waals surface area contributed by atoms with E-state index in [2.05, 4.69) is 37.0 Å². The lowest BCUT2D eigenvalue weighted by Crippen LogP contribution is -2.66. The van der Waals surface area contributed by atoms with Crippen LogP contribution in [-0.2, 0) is 29.1 Å². The van der Waals surface area contributed by atoms with Crippen molar-refractivity contribution >= 4 is 44.5 Å². The number of aromatic nitrogens is 5. The van der Waals surface area contributed by atoms with Gasteiger partial charge in [-0.3, -0.25) is 9.59 Å². The predicted octanol–water partition coefficient (Wildman–Crippen LogP) is 2.14. The quantitative estimate of drug-likeness (QED) is 0.181. The number of hydrogen-bond donors (Lipinski definition) is 3. The third-order valence-electron chi connectivity index (χ3n) is 8.82. The van der Waals surface area contributed by atoms with Gasteiger partial charge in [-0.1, -0.05) is 59.9 Å². The van der Waals surface area contributed by atoms with Crippen LogP contribution in [0.2, 0.25) is 0 Å². The molecule has 3 aromatic carbocycles. The molecule has 0 saturated carbocycles. The molecule has 4 heterocycles. The van der Waals surface area contributed by atoms with E-state index in [9.17, 15) is 19.6 Å². The van der Waals surface area contributed by atoms with E-state index < -0.39 is 18.2 Å². The molecule has 7 rings (SSSR count). The van der Waals surface area contributed by atoms with E-state index in [0.29, 0.717) is 22.2 Å². The molecule has 0 unspecified atom stereocenters. The van der Waals surface area contributed by atoms with Crippen LogP contribution in [0.5, 0.6) is 5.75 Å². The van der Waals surface area contributed by atoms with Crippen LogP contribution >= 0.6 is 11.3 Å². The first-order chi connectivity index (χ1) is 24.3. The Balaban J connectivity index is 1.18. The number of fused-ring (bicyclic) bond motifs is 2. The Morgan fingerprint density at radius 1 is 1.14 bits per heavy atom. The smallest absolute Gasteiger partial charge is 0.333 e. The Kier molecular flexibility index (Phi) is 8.94. The summed E-state index contributed by atoms with van der Waals surface area (Å²) in [4.78, 5) is 49.5. The largest absolute Gasteiger partial charge is 0.497 e. The van der Waals surface area contributed by atoms with Crippen LogP contribution in [0.4, 0.5) is 9.93 Å². The molecule has 17 heteroatoms. The molecular formula is C33H32N12O4S. The molecule has 5 aromatic rings. The molecule has 50 heavy (non-hydrogen) atoms. The highest BCUT2D eigenvalue weighted by Gasteiger charge is 2.52. The Morgan fingerprint density at radius 3 is 2.64 bits per heavy atom. The summed E-state index contributed by atoms with van der Waals surface area (Å²) in [6.45, 7) is 0.00836. The lowest BCUT2D eigenvalue weighted by atomic mass is 9.99. The summed E-state index contributed by atoms with van der Waals surface area (Å²) in [5.41, 5.74) is 9.95. The number of benzene rings is 3. The Labute approximate surface area is 290 Å². The first-order valence-electron chi connectivity index (χ1n) is 15.7. The van der Waals surface area contributed by atoms with Gasteiger partial charge in [0.15, 0.2) is 11.0 Å². The second kappa shape index (κ2) is 13.8. The van der Waals surface area contributed by atoms with Crippen molar-refractivity contribution < 1.29 is 19.1 Å². The number of para-hydroxylation sites is 1. The van der Waals surface area contributed by atoms with Crippen LogP contribution in [-0.4, -0.2) is 102 Å². The fourth-order valence-corrected chi connectivity index (χ4v) is 7.19. The Hall–Kier alpha value is -6.12. The molecule has 0 aliphatic carbocycles. The number of nitrogens with one attached hydrogen (secondary N) is 2. The molecule has 16 nitrogen and oxygen atoms in total. The zero-order chi connectivity index (χ0) is 34.8. The van der Waals surface area contributed by atoms with Gasteiger partial charge in [-0.05, 0) is 45.3 Å². The SMILES string of the molecule is COc1ccc(CNC(=O)N(CC#N)N2CC(=O)N3[C@@H](Cc4ccc(-c5nnn[nH]5)cc4)C(=O)N(Cc4cccc5sc(N)nc45)C[C@@H]32)cc1. The maximum atomic E-state index is 14.3. The van der Waals surface area contributed by atoms with Gasteiger partial charge in [0, 0.05) is 25.1 Å². The maximum absolute atomic E-state index is 14.3. The van der Waals surface area contributed by atoms with Gasteiger partial charge in [0.05, 0.1) is 36.5 Å². The number of H-pyrrole nitrogens is 1. The number of thiazole rings is 1. The number of urea groups is 1. The van der Waals surface area contributed by atoms with E-state index in [1.807, 2.05) is 54.6 Å². The average Bonchev–Trinajstić information content (AvgIpc) is 3.88. The highest BCUT2D eigenvalue weighted by atomic mass is 32.1. The van der Waals surface area contributed by atoms with Gasteiger partial charge in [0.1, 0.15) is 24.5 Å². The van der Waals surface area contributed by atoms with Crippen molar-refractivity contribution in [1.82, 2.24) is 50.7 Å². The van der Waals surface area contributed by atoms with Gasteiger partial charge in [-0.25, -0.2) is 19.9 Å². The molecule has 2 aromatic heterocycles. The minimum atomic E-state index is -0.880. The van der Waals surface area contributed by atoms with Crippen molar-refractivity contribution in [3.05, 3.63) is 83.4 Å². The van der Waals surface area contributed by atoms with E-state index in [1.165, 1.54) is 16.3 Å². The van der Waals surface area contributed by atoms with E-state index >= 15 is 0 Å². The van der Waals surface area contributed by atoms with Crippen LogP contribution in [0.15, 0.2) is 66.7 Å². The van der Waals surface area contributed by atoms with E-state index in [0.717, 1.165) is 27.0 Å². The number of nitriles is 1. The average molecular weight is 693 g/mol. The monoisotopic (exact) mass is 692 g/mol. The molecule has 2 fully saturated rings. The van der Waals surface area contributed by atoms with Crippen molar-refractivity contribution in [2.45, 2.75) is 31.7 Å². The molecule has 2 saturated heterocycles. The molecule has 4 amide bonds.